The van der Waals surface area contributed by atoms with Crippen LogP contribution in [0.4, 0.5) is 21.7 Å². The van der Waals surface area contributed by atoms with E-state index in [2.05, 4.69) is 27.5 Å². The van der Waals surface area contributed by atoms with Crippen molar-refractivity contribution in [1.82, 2.24) is 9.97 Å². The maximum Gasteiger partial charge on any atom is 0.146 e. The number of halogens is 1. The molecule has 0 saturated carbocycles. The zero-order valence-corrected chi connectivity index (χ0v) is 11.8. The molecule has 1 aromatic carbocycles. The number of benzene rings is 1. The van der Waals surface area contributed by atoms with Crippen molar-refractivity contribution in [2.45, 2.75) is 26.7 Å². The van der Waals surface area contributed by atoms with E-state index in [1.54, 1.807) is 24.3 Å². The van der Waals surface area contributed by atoms with Crippen LogP contribution in [0.15, 0.2) is 30.3 Å². The molecule has 2 rings (SSSR count). The van der Waals surface area contributed by atoms with Crippen LogP contribution in [0.2, 0.25) is 0 Å². The minimum atomic E-state index is -0.299. The Labute approximate surface area is 118 Å². The monoisotopic (exact) mass is 274 g/mol. The molecule has 0 fully saturated rings. The van der Waals surface area contributed by atoms with Gasteiger partial charge in [-0.15, -0.1) is 0 Å². The van der Waals surface area contributed by atoms with E-state index in [9.17, 15) is 4.39 Å². The van der Waals surface area contributed by atoms with Gasteiger partial charge in [0.25, 0.3) is 0 Å². The molecule has 0 spiro atoms. The van der Waals surface area contributed by atoms with Crippen LogP contribution in [-0.4, -0.2) is 16.5 Å². The molecule has 2 aromatic rings. The molecule has 20 heavy (non-hydrogen) atoms. The Balaban J connectivity index is 2.24. The van der Waals surface area contributed by atoms with E-state index >= 15 is 0 Å². The number of nitrogens with zero attached hydrogens (tertiary/aromatic N) is 2. The van der Waals surface area contributed by atoms with Crippen molar-refractivity contribution in [3.05, 3.63) is 42.0 Å². The Morgan fingerprint density at radius 1 is 1.10 bits per heavy atom. The van der Waals surface area contributed by atoms with Crippen LogP contribution < -0.4 is 10.6 Å². The Morgan fingerprint density at radius 2 is 1.85 bits per heavy atom. The van der Waals surface area contributed by atoms with Crippen LogP contribution in [0.1, 0.15) is 26.1 Å². The van der Waals surface area contributed by atoms with E-state index in [1.807, 2.05) is 6.92 Å². The van der Waals surface area contributed by atoms with E-state index in [0.29, 0.717) is 11.5 Å². The van der Waals surface area contributed by atoms with Crippen LogP contribution in [0.25, 0.3) is 0 Å². The molecule has 0 amide bonds. The second-order valence-corrected chi connectivity index (χ2v) is 4.44. The average molecular weight is 274 g/mol. The predicted molar refractivity (Wildman–Crippen MR) is 79.9 cm³/mol. The summed E-state index contributed by atoms with van der Waals surface area (Å²) in [5, 5.41) is 6.22. The van der Waals surface area contributed by atoms with Gasteiger partial charge in [-0.2, -0.15) is 0 Å². The van der Waals surface area contributed by atoms with Gasteiger partial charge in [0.1, 0.15) is 23.3 Å². The van der Waals surface area contributed by atoms with E-state index in [0.717, 1.165) is 31.0 Å². The maximum absolute atomic E-state index is 13.6. The Morgan fingerprint density at radius 3 is 2.55 bits per heavy atom. The van der Waals surface area contributed by atoms with E-state index in [4.69, 9.17) is 0 Å². The molecule has 0 aliphatic heterocycles. The first-order valence-corrected chi connectivity index (χ1v) is 6.86. The summed E-state index contributed by atoms with van der Waals surface area (Å²) in [7, 11) is 0. The van der Waals surface area contributed by atoms with E-state index in [1.165, 1.54) is 6.07 Å². The molecular formula is C15H19FN4. The number of aromatic nitrogens is 2. The molecule has 1 heterocycles. The van der Waals surface area contributed by atoms with Crippen LogP contribution in [0.5, 0.6) is 0 Å². The van der Waals surface area contributed by atoms with Crippen LogP contribution >= 0.6 is 0 Å². The van der Waals surface area contributed by atoms with E-state index in [-0.39, 0.29) is 5.82 Å². The highest BCUT2D eigenvalue weighted by atomic mass is 19.1. The molecule has 2 N–H and O–H groups in total. The molecule has 1 aromatic heterocycles. The van der Waals surface area contributed by atoms with Crippen molar-refractivity contribution in [2.24, 2.45) is 0 Å². The summed E-state index contributed by atoms with van der Waals surface area (Å²) in [5.74, 6) is 1.79. The topological polar surface area (TPSA) is 49.8 Å². The molecule has 0 aliphatic carbocycles. The third kappa shape index (κ3) is 3.66. The first-order chi connectivity index (χ1) is 9.72. The summed E-state index contributed by atoms with van der Waals surface area (Å²) < 4.78 is 13.6. The molecule has 0 saturated heterocycles. The van der Waals surface area contributed by atoms with Gasteiger partial charge in [-0.05, 0) is 18.6 Å². The molecule has 0 bridgehead atoms. The van der Waals surface area contributed by atoms with Crippen LogP contribution in [-0.2, 0) is 6.42 Å². The average Bonchev–Trinajstić information content (AvgIpc) is 2.47. The van der Waals surface area contributed by atoms with Gasteiger partial charge < -0.3 is 10.6 Å². The summed E-state index contributed by atoms with van der Waals surface area (Å²) in [5.41, 5.74) is 0.412. The fourth-order valence-corrected chi connectivity index (χ4v) is 1.76. The Kier molecular flexibility index (Phi) is 4.87. The van der Waals surface area contributed by atoms with Crippen molar-refractivity contribution in [3.8, 4) is 0 Å². The lowest BCUT2D eigenvalue weighted by Crippen LogP contribution is -2.07. The number of hydrogen-bond donors (Lipinski definition) is 2. The summed E-state index contributed by atoms with van der Waals surface area (Å²) in [6.45, 7) is 4.93. The van der Waals surface area contributed by atoms with Crippen LogP contribution in [0.3, 0.4) is 0 Å². The lowest BCUT2D eigenvalue weighted by Gasteiger charge is -2.11. The van der Waals surface area contributed by atoms with Crippen molar-refractivity contribution >= 4 is 17.3 Å². The summed E-state index contributed by atoms with van der Waals surface area (Å²) in [6, 6.07) is 8.33. The highest BCUT2D eigenvalue weighted by molar-refractivity contribution is 5.59. The molecule has 0 atom stereocenters. The standard InChI is InChI=1S/C15H19FN4/c1-3-9-17-14-10-15(20-13(4-2)19-14)18-12-8-6-5-7-11(12)16/h5-8,10H,3-4,9H2,1-2H3,(H2,17,18,19,20). The van der Waals surface area contributed by atoms with Crippen molar-refractivity contribution < 1.29 is 4.39 Å². The van der Waals surface area contributed by atoms with Gasteiger partial charge in [0.2, 0.25) is 0 Å². The molecule has 0 aliphatic rings. The molecule has 0 radical (unpaired) electrons. The zero-order chi connectivity index (χ0) is 14.4. The number of anilines is 3. The first-order valence-electron chi connectivity index (χ1n) is 6.86. The summed E-state index contributed by atoms with van der Waals surface area (Å²) in [6.07, 6.45) is 1.75. The van der Waals surface area contributed by atoms with Gasteiger partial charge in [0, 0.05) is 19.0 Å². The normalized spacial score (nSPS) is 10.3. The van der Waals surface area contributed by atoms with E-state index < -0.39 is 0 Å². The van der Waals surface area contributed by atoms with Gasteiger partial charge in [-0.1, -0.05) is 26.0 Å². The maximum atomic E-state index is 13.6. The highest BCUT2D eigenvalue weighted by Crippen LogP contribution is 2.20. The van der Waals surface area contributed by atoms with Gasteiger partial charge in [-0.25, -0.2) is 14.4 Å². The van der Waals surface area contributed by atoms with Gasteiger partial charge in [0.15, 0.2) is 0 Å². The number of rotatable bonds is 6. The first kappa shape index (κ1) is 14.2. The summed E-state index contributed by atoms with van der Waals surface area (Å²) in [4.78, 5) is 8.76. The lowest BCUT2D eigenvalue weighted by molar-refractivity contribution is 0.632. The number of aryl methyl sites for hydroxylation is 1. The van der Waals surface area contributed by atoms with Crippen LogP contribution in [0, 0.1) is 5.82 Å². The second kappa shape index (κ2) is 6.84. The minimum absolute atomic E-state index is 0.299. The van der Waals surface area contributed by atoms with Crippen molar-refractivity contribution in [3.63, 3.8) is 0 Å². The Bertz CT molecular complexity index is 572. The molecule has 0 unspecified atom stereocenters. The number of hydrogen-bond acceptors (Lipinski definition) is 4. The highest BCUT2D eigenvalue weighted by Gasteiger charge is 2.06. The predicted octanol–water partition coefficient (Wildman–Crippen LogP) is 3.74. The smallest absolute Gasteiger partial charge is 0.146 e. The van der Waals surface area contributed by atoms with Gasteiger partial charge >= 0.3 is 0 Å². The fraction of sp³-hybridized carbons (Fsp3) is 0.333. The second-order valence-electron chi connectivity index (χ2n) is 4.44. The van der Waals surface area contributed by atoms with Gasteiger partial charge in [-0.3, -0.25) is 0 Å². The SMILES string of the molecule is CCCNc1cc(Nc2ccccc2F)nc(CC)n1. The van der Waals surface area contributed by atoms with Crippen molar-refractivity contribution in [1.29, 1.82) is 0 Å². The molecule has 4 nitrogen and oxygen atoms in total. The number of nitrogens with one attached hydrogen (secondary N) is 2. The molecule has 106 valence electrons. The largest absolute Gasteiger partial charge is 0.370 e. The summed E-state index contributed by atoms with van der Waals surface area (Å²) >= 11 is 0. The Hall–Kier alpha value is -2.17. The van der Waals surface area contributed by atoms with Gasteiger partial charge in [0.05, 0.1) is 5.69 Å². The number of para-hydroxylation sites is 1. The minimum Gasteiger partial charge on any atom is -0.370 e. The van der Waals surface area contributed by atoms with Crippen molar-refractivity contribution in [2.75, 3.05) is 17.2 Å². The fourth-order valence-electron chi connectivity index (χ4n) is 1.76. The third-order valence-electron chi connectivity index (χ3n) is 2.78. The zero-order valence-electron chi connectivity index (χ0n) is 11.8. The third-order valence-corrected chi connectivity index (χ3v) is 2.78. The molecular weight excluding hydrogens is 255 g/mol. The lowest BCUT2D eigenvalue weighted by atomic mass is 10.3. The quantitative estimate of drug-likeness (QED) is 0.842. The molecule has 5 heteroatoms.